The first-order chi connectivity index (χ1) is 9.66. The van der Waals surface area contributed by atoms with Crippen LogP contribution in [0.4, 0.5) is 8.78 Å². The van der Waals surface area contributed by atoms with E-state index in [1.807, 2.05) is 12.1 Å². The van der Waals surface area contributed by atoms with E-state index in [1.165, 1.54) is 17.2 Å². The van der Waals surface area contributed by atoms with Crippen molar-refractivity contribution in [3.05, 3.63) is 70.8 Å². The summed E-state index contributed by atoms with van der Waals surface area (Å²) in [5, 5.41) is 0. The van der Waals surface area contributed by atoms with E-state index in [-0.39, 0.29) is 11.5 Å². The topological polar surface area (TPSA) is 26.0 Å². The van der Waals surface area contributed by atoms with Gasteiger partial charge in [-0.3, -0.25) is 0 Å². The van der Waals surface area contributed by atoms with Gasteiger partial charge in [0, 0.05) is 17.5 Å². The summed E-state index contributed by atoms with van der Waals surface area (Å²) in [6, 6.07) is 11.1. The first kappa shape index (κ1) is 13.3. The minimum atomic E-state index is -0.507. The van der Waals surface area contributed by atoms with E-state index < -0.39 is 17.7 Å². The lowest BCUT2D eigenvalue weighted by Gasteiger charge is -2.30. The van der Waals surface area contributed by atoms with E-state index in [4.69, 9.17) is 5.73 Å². The molecule has 1 nitrogen and oxygen atoms in total. The van der Waals surface area contributed by atoms with Gasteiger partial charge in [0.05, 0.1) is 0 Å². The Kier molecular flexibility index (Phi) is 3.53. The van der Waals surface area contributed by atoms with Gasteiger partial charge in [-0.05, 0) is 48.6 Å². The normalized spacial score (nSPS) is 19.4. The van der Waals surface area contributed by atoms with Crippen LogP contribution in [0.5, 0.6) is 0 Å². The molecule has 2 aromatic carbocycles. The molecule has 0 saturated heterocycles. The Morgan fingerprint density at radius 3 is 2.75 bits per heavy atom. The molecule has 2 atom stereocenters. The van der Waals surface area contributed by atoms with Gasteiger partial charge in [0.2, 0.25) is 0 Å². The lowest BCUT2D eigenvalue weighted by atomic mass is 9.77. The molecule has 3 heteroatoms. The molecule has 2 unspecified atom stereocenters. The quantitative estimate of drug-likeness (QED) is 0.876. The standard InChI is InChI=1S/C17H17F2N/c18-12-8-9-16(19)15(10-12)17(20)14-7-3-5-11-4-1-2-6-13(11)14/h1-2,4,6,8-10,14,17H,3,5,7,20H2. The summed E-state index contributed by atoms with van der Waals surface area (Å²) in [5.74, 6) is -0.820. The molecule has 0 radical (unpaired) electrons. The van der Waals surface area contributed by atoms with Crippen LogP contribution in [0.1, 0.15) is 41.5 Å². The molecule has 0 aromatic heterocycles. The highest BCUT2D eigenvalue weighted by atomic mass is 19.1. The summed E-state index contributed by atoms with van der Waals surface area (Å²) >= 11 is 0. The minimum Gasteiger partial charge on any atom is -0.323 e. The largest absolute Gasteiger partial charge is 0.323 e. The van der Waals surface area contributed by atoms with Crippen LogP contribution in [-0.4, -0.2) is 0 Å². The molecule has 0 aliphatic heterocycles. The number of benzene rings is 2. The van der Waals surface area contributed by atoms with E-state index in [0.717, 1.165) is 31.4 Å². The fourth-order valence-electron chi connectivity index (χ4n) is 3.15. The van der Waals surface area contributed by atoms with Crippen molar-refractivity contribution in [2.24, 2.45) is 5.73 Å². The highest BCUT2D eigenvalue weighted by Gasteiger charge is 2.28. The lowest BCUT2D eigenvalue weighted by molar-refractivity contribution is 0.455. The molecule has 0 fully saturated rings. The highest BCUT2D eigenvalue weighted by Crippen LogP contribution is 2.39. The fraction of sp³-hybridized carbons (Fsp3) is 0.294. The molecule has 3 rings (SSSR count). The van der Waals surface area contributed by atoms with Crippen LogP contribution in [0, 0.1) is 11.6 Å². The molecule has 0 saturated carbocycles. The van der Waals surface area contributed by atoms with Crippen LogP contribution in [0.2, 0.25) is 0 Å². The zero-order valence-corrected chi connectivity index (χ0v) is 11.2. The third-order valence-corrected chi connectivity index (χ3v) is 4.17. The van der Waals surface area contributed by atoms with E-state index in [2.05, 4.69) is 12.1 Å². The molecule has 2 N–H and O–H groups in total. The number of hydrogen-bond donors (Lipinski definition) is 1. The van der Waals surface area contributed by atoms with Crippen molar-refractivity contribution >= 4 is 0 Å². The van der Waals surface area contributed by atoms with E-state index in [9.17, 15) is 8.78 Å². The first-order valence-electron chi connectivity index (χ1n) is 6.95. The van der Waals surface area contributed by atoms with Gasteiger partial charge >= 0.3 is 0 Å². The number of rotatable bonds is 2. The summed E-state index contributed by atoms with van der Waals surface area (Å²) in [5.41, 5.74) is 8.97. The number of aryl methyl sites for hydroxylation is 1. The van der Waals surface area contributed by atoms with Gasteiger partial charge in [-0.2, -0.15) is 0 Å². The minimum absolute atomic E-state index is 0.0521. The Bertz CT molecular complexity index is 624. The predicted octanol–water partition coefficient (Wildman–Crippen LogP) is 4.08. The maximum atomic E-state index is 13.9. The van der Waals surface area contributed by atoms with Gasteiger partial charge in [-0.1, -0.05) is 24.3 Å². The second-order valence-corrected chi connectivity index (χ2v) is 5.39. The maximum Gasteiger partial charge on any atom is 0.128 e. The van der Waals surface area contributed by atoms with E-state index >= 15 is 0 Å². The lowest BCUT2D eigenvalue weighted by Crippen LogP contribution is -2.24. The zero-order valence-electron chi connectivity index (χ0n) is 11.2. The highest BCUT2D eigenvalue weighted by molar-refractivity contribution is 5.36. The molecule has 0 spiro atoms. The molecular weight excluding hydrogens is 256 g/mol. The Hall–Kier alpha value is -1.74. The number of fused-ring (bicyclic) bond motifs is 1. The van der Waals surface area contributed by atoms with E-state index in [1.54, 1.807) is 0 Å². The smallest absolute Gasteiger partial charge is 0.128 e. The molecule has 20 heavy (non-hydrogen) atoms. The third kappa shape index (κ3) is 2.34. The number of halogens is 2. The van der Waals surface area contributed by atoms with Crippen molar-refractivity contribution in [1.29, 1.82) is 0 Å². The van der Waals surface area contributed by atoms with Crippen LogP contribution in [-0.2, 0) is 6.42 Å². The summed E-state index contributed by atoms with van der Waals surface area (Å²) in [6.45, 7) is 0. The Morgan fingerprint density at radius 1 is 1.10 bits per heavy atom. The SMILES string of the molecule is NC(c1cc(F)ccc1F)C1CCCc2ccccc21. The van der Waals surface area contributed by atoms with Crippen LogP contribution < -0.4 is 5.73 Å². The Labute approximate surface area is 117 Å². The van der Waals surface area contributed by atoms with Crippen molar-refractivity contribution in [3.63, 3.8) is 0 Å². The van der Waals surface area contributed by atoms with Gasteiger partial charge in [0.25, 0.3) is 0 Å². The first-order valence-corrected chi connectivity index (χ1v) is 6.95. The average Bonchev–Trinajstić information content (AvgIpc) is 2.48. The monoisotopic (exact) mass is 273 g/mol. The molecule has 1 aliphatic carbocycles. The Morgan fingerprint density at radius 2 is 1.90 bits per heavy atom. The van der Waals surface area contributed by atoms with Crippen LogP contribution >= 0.6 is 0 Å². The fourth-order valence-corrected chi connectivity index (χ4v) is 3.15. The zero-order chi connectivity index (χ0) is 14.1. The third-order valence-electron chi connectivity index (χ3n) is 4.17. The van der Waals surface area contributed by atoms with Crippen LogP contribution in [0.25, 0.3) is 0 Å². The second kappa shape index (κ2) is 5.33. The van der Waals surface area contributed by atoms with Gasteiger partial charge in [0.15, 0.2) is 0 Å². The molecule has 1 aliphatic rings. The van der Waals surface area contributed by atoms with Crippen LogP contribution in [0.3, 0.4) is 0 Å². The summed E-state index contributed by atoms with van der Waals surface area (Å²) in [4.78, 5) is 0. The Balaban J connectivity index is 1.99. The summed E-state index contributed by atoms with van der Waals surface area (Å²) in [6.07, 6.45) is 2.98. The van der Waals surface area contributed by atoms with Crippen molar-refractivity contribution < 1.29 is 8.78 Å². The second-order valence-electron chi connectivity index (χ2n) is 5.39. The van der Waals surface area contributed by atoms with Gasteiger partial charge < -0.3 is 5.73 Å². The average molecular weight is 273 g/mol. The van der Waals surface area contributed by atoms with Gasteiger partial charge in [0.1, 0.15) is 11.6 Å². The maximum absolute atomic E-state index is 13.9. The van der Waals surface area contributed by atoms with Crippen LogP contribution in [0.15, 0.2) is 42.5 Å². The van der Waals surface area contributed by atoms with Crippen molar-refractivity contribution in [2.75, 3.05) is 0 Å². The van der Waals surface area contributed by atoms with Crippen molar-refractivity contribution in [3.8, 4) is 0 Å². The van der Waals surface area contributed by atoms with Crippen molar-refractivity contribution in [1.82, 2.24) is 0 Å². The van der Waals surface area contributed by atoms with Gasteiger partial charge in [-0.15, -0.1) is 0 Å². The molecular formula is C17H17F2N. The molecule has 104 valence electrons. The molecule has 2 aromatic rings. The molecule has 0 bridgehead atoms. The van der Waals surface area contributed by atoms with E-state index in [0.29, 0.717) is 0 Å². The molecule has 0 heterocycles. The molecule has 0 amide bonds. The summed E-state index contributed by atoms with van der Waals surface area (Å²) < 4.78 is 27.3. The summed E-state index contributed by atoms with van der Waals surface area (Å²) in [7, 11) is 0. The van der Waals surface area contributed by atoms with Crippen molar-refractivity contribution in [2.45, 2.75) is 31.2 Å². The number of nitrogens with two attached hydrogens (primary N) is 1. The predicted molar refractivity (Wildman–Crippen MR) is 75.4 cm³/mol. The van der Waals surface area contributed by atoms with Gasteiger partial charge in [-0.25, -0.2) is 8.78 Å². The number of hydrogen-bond acceptors (Lipinski definition) is 1.